The van der Waals surface area contributed by atoms with Crippen molar-refractivity contribution >= 4 is 12.0 Å². The molecule has 2 N–H and O–H groups in total. The molecule has 0 saturated heterocycles. The third-order valence-electron chi connectivity index (χ3n) is 4.06. The van der Waals surface area contributed by atoms with Crippen LogP contribution in [-0.2, 0) is 4.79 Å². The van der Waals surface area contributed by atoms with Gasteiger partial charge in [0.15, 0.2) is 0 Å². The quantitative estimate of drug-likeness (QED) is 0.684. The number of amides is 2. The second kappa shape index (κ2) is 8.82. The summed E-state index contributed by atoms with van der Waals surface area (Å²) in [6.07, 6.45) is 3.37. The lowest BCUT2D eigenvalue weighted by Gasteiger charge is -2.31. The van der Waals surface area contributed by atoms with Gasteiger partial charge in [0.2, 0.25) is 0 Å². The molecule has 0 rings (SSSR count). The minimum Gasteiger partial charge on any atom is -0.481 e. The molecular weight excluding hydrogens is 256 g/mol. The first kappa shape index (κ1) is 18.7. The number of carbonyl (C=O) groups excluding carboxylic acids is 1. The lowest BCUT2D eigenvalue weighted by Crippen LogP contribution is -2.49. The number of carboxylic acids is 1. The molecule has 0 aliphatic heterocycles. The summed E-state index contributed by atoms with van der Waals surface area (Å²) >= 11 is 0. The molecule has 2 unspecified atom stereocenters. The number of rotatable bonds is 9. The van der Waals surface area contributed by atoms with Gasteiger partial charge in [0.05, 0.1) is 5.41 Å². The van der Waals surface area contributed by atoms with E-state index in [1.54, 1.807) is 11.8 Å². The molecule has 0 heterocycles. The van der Waals surface area contributed by atoms with Crippen LogP contribution < -0.4 is 5.32 Å². The molecular formula is C15H30N2O3. The zero-order valence-electron chi connectivity index (χ0n) is 13.5. The predicted octanol–water partition coefficient (Wildman–Crippen LogP) is 3.10. The molecule has 2 atom stereocenters. The Morgan fingerprint density at radius 1 is 1.30 bits per heavy atom. The summed E-state index contributed by atoms with van der Waals surface area (Å²) in [5, 5.41) is 12.0. The van der Waals surface area contributed by atoms with Crippen LogP contribution in [0, 0.1) is 5.41 Å². The highest BCUT2D eigenvalue weighted by Gasteiger charge is 2.32. The summed E-state index contributed by atoms with van der Waals surface area (Å²) < 4.78 is 0. The van der Waals surface area contributed by atoms with E-state index >= 15 is 0 Å². The van der Waals surface area contributed by atoms with Crippen LogP contribution in [0.2, 0.25) is 0 Å². The molecule has 2 amide bonds. The molecule has 5 nitrogen and oxygen atoms in total. The molecule has 20 heavy (non-hydrogen) atoms. The van der Waals surface area contributed by atoms with Crippen LogP contribution in [0.4, 0.5) is 4.79 Å². The molecule has 0 saturated carbocycles. The minimum atomic E-state index is -0.901. The molecule has 5 heteroatoms. The van der Waals surface area contributed by atoms with Crippen LogP contribution in [0.25, 0.3) is 0 Å². The molecule has 0 aromatic carbocycles. The van der Waals surface area contributed by atoms with Crippen LogP contribution in [0.1, 0.15) is 60.3 Å². The average molecular weight is 286 g/mol. The van der Waals surface area contributed by atoms with Crippen LogP contribution in [0.5, 0.6) is 0 Å². The first-order chi connectivity index (χ1) is 9.32. The number of aliphatic carboxylic acids is 1. The van der Waals surface area contributed by atoms with Crippen molar-refractivity contribution in [3.63, 3.8) is 0 Å². The Labute approximate surface area is 122 Å². The van der Waals surface area contributed by atoms with Crippen molar-refractivity contribution < 1.29 is 14.7 Å². The molecule has 0 aliphatic rings. The summed E-state index contributed by atoms with van der Waals surface area (Å²) in [6.45, 7) is 10.5. The van der Waals surface area contributed by atoms with Gasteiger partial charge in [-0.15, -0.1) is 0 Å². The molecule has 0 fully saturated rings. The smallest absolute Gasteiger partial charge is 0.317 e. The van der Waals surface area contributed by atoms with Crippen LogP contribution in [-0.4, -0.2) is 41.1 Å². The molecule has 0 aromatic rings. The Morgan fingerprint density at radius 2 is 1.90 bits per heavy atom. The second-order valence-corrected chi connectivity index (χ2v) is 5.68. The van der Waals surface area contributed by atoms with Gasteiger partial charge in [-0.1, -0.05) is 27.2 Å². The van der Waals surface area contributed by atoms with Crippen molar-refractivity contribution in [2.24, 2.45) is 5.41 Å². The van der Waals surface area contributed by atoms with Gasteiger partial charge in [0.25, 0.3) is 0 Å². The number of hydrogen-bond donors (Lipinski definition) is 2. The zero-order valence-corrected chi connectivity index (χ0v) is 13.5. The Bertz CT molecular complexity index is 320. The number of nitrogens with one attached hydrogen (secondary N) is 1. The van der Waals surface area contributed by atoms with E-state index in [0.717, 1.165) is 19.3 Å². The van der Waals surface area contributed by atoms with E-state index in [2.05, 4.69) is 12.2 Å². The van der Waals surface area contributed by atoms with Gasteiger partial charge in [0.1, 0.15) is 0 Å². The van der Waals surface area contributed by atoms with Crippen molar-refractivity contribution in [1.29, 1.82) is 0 Å². The molecule has 0 bridgehead atoms. The van der Waals surface area contributed by atoms with Crippen LogP contribution in [0.15, 0.2) is 0 Å². The lowest BCUT2D eigenvalue weighted by atomic mass is 9.88. The summed E-state index contributed by atoms with van der Waals surface area (Å²) in [5.74, 6) is -0.871. The van der Waals surface area contributed by atoms with E-state index in [9.17, 15) is 14.7 Å². The van der Waals surface area contributed by atoms with Crippen molar-refractivity contribution in [2.45, 2.75) is 66.3 Å². The van der Waals surface area contributed by atoms with E-state index in [1.165, 1.54) is 0 Å². The van der Waals surface area contributed by atoms with Crippen LogP contribution in [0.3, 0.4) is 0 Å². The van der Waals surface area contributed by atoms with Gasteiger partial charge in [-0.25, -0.2) is 4.79 Å². The van der Waals surface area contributed by atoms with Crippen molar-refractivity contribution in [1.82, 2.24) is 10.2 Å². The van der Waals surface area contributed by atoms with Gasteiger partial charge in [-0.05, 0) is 33.1 Å². The molecule has 0 aliphatic carbocycles. The minimum absolute atomic E-state index is 0.159. The number of unbranched alkanes of at least 4 members (excludes halogenated alkanes) is 1. The third kappa shape index (κ3) is 5.39. The normalized spacial score (nSPS) is 15.2. The fourth-order valence-corrected chi connectivity index (χ4v) is 1.80. The van der Waals surface area contributed by atoms with Crippen molar-refractivity contribution in [3.8, 4) is 0 Å². The van der Waals surface area contributed by atoms with E-state index in [0.29, 0.717) is 13.0 Å². The topological polar surface area (TPSA) is 69.6 Å². The van der Waals surface area contributed by atoms with Gasteiger partial charge in [0, 0.05) is 19.1 Å². The summed E-state index contributed by atoms with van der Waals surface area (Å²) in [7, 11) is 0. The van der Waals surface area contributed by atoms with E-state index in [1.807, 2.05) is 20.8 Å². The second-order valence-electron chi connectivity index (χ2n) is 5.68. The van der Waals surface area contributed by atoms with Crippen LogP contribution >= 0.6 is 0 Å². The number of urea groups is 1. The fourth-order valence-electron chi connectivity index (χ4n) is 1.80. The fraction of sp³-hybridized carbons (Fsp3) is 0.867. The average Bonchev–Trinajstić information content (AvgIpc) is 2.44. The third-order valence-corrected chi connectivity index (χ3v) is 4.06. The Morgan fingerprint density at radius 3 is 2.30 bits per heavy atom. The maximum absolute atomic E-state index is 12.3. The summed E-state index contributed by atoms with van der Waals surface area (Å²) in [4.78, 5) is 25.3. The van der Waals surface area contributed by atoms with Crippen molar-refractivity contribution in [2.75, 3.05) is 13.1 Å². The Hall–Kier alpha value is -1.26. The highest BCUT2D eigenvalue weighted by atomic mass is 16.4. The number of hydrogen-bond acceptors (Lipinski definition) is 2. The summed E-state index contributed by atoms with van der Waals surface area (Å²) in [6, 6.07) is 0.00739. The standard InChI is InChI=1S/C15H30N2O3/c1-6-9-10-17(12(4)7-2)14(20)16-11-15(5,8-3)13(18)19/h12H,6-11H2,1-5H3,(H,16,20)(H,18,19). The summed E-state index contributed by atoms with van der Waals surface area (Å²) in [5.41, 5.74) is -0.901. The monoisotopic (exact) mass is 286 g/mol. The first-order valence-corrected chi connectivity index (χ1v) is 7.60. The molecule has 0 aromatic heterocycles. The highest BCUT2D eigenvalue weighted by Crippen LogP contribution is 2.20. The van der Waals surface area contributed by atoms with Gasteiger partial charge >= 0.3 is 12.0 Å². The predicted molar refractivity (Wildman–Crippen MR) is 80.8 cm³/mol. The first-order valence-electron chi connectivity index (χ1n) is 7.60. The van der Waals surface area contributed by atoms with Gasteiger partial charge in [-0.2, -0.15) is 0 Å². The van der Waals surface area contributed by atoms with Crippen molar-refractivity contribution in [3.05, 3.63) is 0 Å². The Kier molecular flexibility index (Phi) is 8.26. The van der Waals surface area contributed by atoms with Gasteiger partial charge in [-0.3, -0.25) is 4.79 Å². The molecule has 118 valence electrons. The zero-order chi connectivity index (χ0) is 15.8. The number of nitrogens with zero attached hydrogens (tertiary/aromatic N) is 1. The molecule has 0 radical (unpaired) electrons. The number of carbonyl (C=O) groups is 2. The van der Waals surface area contributed by atoms with Gasteiger partial charge < -0.3 is 15.3 Å². The largest absolute Gasteiger partial charge is 0.481 e. The SMILES string of the molecule is CCCCN(C(=O)NCC(C)(CC)C(=O)O)C(C)CC. The maximum Gasteiger partial charge on any atom is 0.317 e. The lowest BCUT2D eigenvalue weighted by molar-refractivity contribution is -0.147. The maximum atomic E-state index is 12.3. The number of carboxylic acid groups (broad SMARTS) is 1. The highest BCUT2D eigenvalue weighted by molar-refractivity contribution is 5.78. The van der Waals surface area contributed by atoms with E-state index < -0.39 is 11.4 Å². The van der Waals surface area contributed by atoms with E-state index in [-0.39, 0.29) is 18.6 Å². The Balaban J connectivity index is 4.63. The molecule has 0 spiro atoms. The van der Waals surface area contributed by atoms with E-state index in [4.69, 9.17) is 0 Å².